The third-order valence-electron chi connectivity index (χ3n) is 4.99. The molecular weight excluding hydrogens is 432 g/mol. The van der Waals surface area contributed by atoms with E-state index in [0.717, 1.165) is 5.75 Å². The molecule has 1 fully saturated rings. The average Bonchev–Trinajstić information content (AvgIpc) is 2.79. The summed E-state index contributed by atoms with van der Waals surface area (Å²) in [5, 5.41) is 2.85. The molecule has 3 rings (SSSR count). The molecule has 0 saturated carbocycles. The van der Waals surface area contributed by atoms with Gasteiger partial charge in [0.25, 0.3) is 0 Å². The van der Waals surface area contributed by atoms with E-state index in [-0.39, 0.29) is 23.3 Å². The van der Waals surface area contributed by atoms with E-state index in [2.05, 4.69) is 5.32 Å². The summed E-state index contributed by atoms with van der Waals surface area (Å²) < 4.78 is 43.6. The Labute approximate surface area is 189 Å². The van der Waals surface area contributed by atoms with Crippen LogP contribution in [0.15, 0.2) is 47.4 Å². The number of ether oxygens (including phenoxy) is 3. The van der Waals surface area contributed by atoms with E-state index in [9.17, 15) is 13.2 Å². The predicted molar refractivity (Wildman–Crippen MR) is 122 cm³/mol. The highest BCUT2D eigenvalue weighted by atomic mass is 32.2. The first-order chi connectivity index (χ1) is 15.3. The minimum atomic E-state index is -3.62. The first-order valence-electron chi connectivity index (χ1n) is 10.6. The highest BCUT2D eigenvalue weighted by molar-refractivity contribution is 7.89. The number of methoxy groups -OCH3 is 1. The van der Waals surface area contributed by atoms with Gasteiger partial charge in [0.15, 0.2) is 0 Å². The van der Waals surface area contributed by atoms with Crippen molar-refractivity contribution in [3.8, 4) is 11.5 Å². The molecule has 0 bridgehead atoms. The summed E-state index contributed by atoms with van der Waals surface area (Å²) in [4.78, 5) is 12.6. The zero-order chi connectivity index (χ0) is 23.1. The summed E-state index contributed by atoms with van der Waals surface area (Å²) in [6.07, 6.45) is 0.603. The second kappa shape index (κ2) is 10.8. The molecule has 0 aromatic heterocycles. The summed E-state index contributed by atoms with van der Waals surface area (Å²) >= 11 is 0. The topological polar surface area (TPSA) is 94.2 Å². The summed E-state index contributed by atoms with van der Waals surface area (Å²) in [5.41, 5.74) is 1.33. The second-order valence-electron chi connectivity index (χ2n) is 7.73. The van der Waals surface area contributed by atoms with Crippen molar-refractivity contribution in [2.75, 3.05) is 38.7 Å². The Balaban J connectivity index is 1.65. The fourth-order valence-electron chi connectivity index (χ4n) is 3.41. The lowest BCUT2D eigenvalue weighted by Crippen LogP contribution is -2.40. The highest BCUT2D eigenvalue weighted by Gasteiger charge is 2.27. The Morgan fingerprint density at radius 1 is 1.12 bits per heavy atom. The lowest BCUT2D eigenvalue weighted by atomic mass is 10.1. The molecule has 0 spiro atoms. The number of anilines is 1. The SMILES string of the molecule is COc1ccc(S(=O)(=O)N2CCOCC2)cc1CCC(=O)Nc1ccc(OC(C)C)cc1. The van der Waals surface area contributed by atoms with Crippen molar-refractivity contribution in [1.82, 2.24) is 4.31 Å². The normalized spacial score (nSPS) is 14.9. The van der Waals surface area contributed by atoms with Crippen LogP contribution in [0.3, 0.4) is 0 Å². The minimum absolute atomic E-state index is 0.0771. The maximum Gasteiger partial charge on any atom is 0.243 e. The van der Waals surface area contributed by atoms with Gasteiger partial charge in [-0.15, -0.1) is 0 Å². The van der Waals surface area contributed by atoms with Crippen molar-refractivity contribution in [3.63, 3.8) is 0 Å². The number of hydrogen-bond donors (Lipinski definition) is 1. The molecule has 1 aliphatic rings. The molecule has 2 aromatic carbocycles. The van der Waals surface area contributed by atoms with Crippen LogP contribution in [0, 0.1) is 0 Å². The Bertz CT molecular complexity index is 1020. The maximum atomic E-state index is 13.0. The molecule has 1 heterocycles. The summed E-state index contributed by atoms with van der Waals surface area (Å²) in [6.45, 7) is 5.32. The Hall–Kier alpha value is -2.62. The van der Waals surface area contributed by atoms with Gasteiger partial charge in [-0.25, -0.2) is 8.42 Å². The van der Waals surface area contributed by atoms with Crippen molar-refractivity contribution >= 4 is 21.6 Å². The van der Waals surface area contributed by atoms with Crippen molar-refractivity contribution in [2.45, 2.75) is 37.7 Å². The van der Waals surface area contributed by atoms with Gasteiger partial charge in [-0.1, -0.05) is 0 Å². The van der Waals surface area contributed by atoms with E-state index in [0.29, 0.717) is 49.7 Å². The van der Waals surface area contributed by atoms with Gasteiger partial charge in [-0.05, 0) is 68.3 Å². The van der Waals surface area contributed by atoms with Crippen LogP contribution in [0.1, 0.15) is 25.8 Å². The van der Waals surface area contributed by atoms with Gasteiger partial charge in [-0.3, -0.25) is 4.79 Å². The summed E-state index contributed by atoms with van der Waals surface area (Å²) in [7, 11) is -2.10. The Morgan fingerprint density at radius 3 is 2.44 bits per heavy atom. The number of nitrogens with zero attached hydrogens (tertiary/aromatic N) is 1. The Kier molecular flexibility index (Phi) is 8.11. The molecule has 0 atom stereocenters. The molecule has 1 aliphatic heterocycles. The van der Waals surface area contributed by atoms with Crippen LogP contribution in [-0.4, -0.2) is 58.1 Å². The van der Waals surface area contributed by atoms with Crippen LogP contribution in [-0.2, 0) is 26.0 Å². The highest BCUT2D eigenvalue weighted by Crippen LogP contribution is 2.26. The van der Waals surface area contributed by atoms with Crippen molar-refractivity contribution in [1.29, 1.82) is 0 Å². The van der Waals surface area contributed by atoms with Crippen molar-refractivity contribution in [2.24, 2.45) is 0 Å². The van der Waals surface area contributed by atoms with E-state index < -0.39 is 10.0 Å². The van der Waals surface area contributed by atoms with Gasteiger partial charge in [0.05, 0.1) is 31.3 Å². The fourth-order valence-corrected chi connectivity index (χ4v) is 4.87. The number of hydrogen-bond acceptors (Lipinski definition) is 6. The first kappa shape index (κ1) is 24.0. The zero-order valence-corrected chi connectivity index (χ0v) is 19.5. The largest absolute Gasteiger partial charge is 0.496 e. The molecule has 8 nitrogen and oxygen atoms in total. The Morgan fingerprint density at radius 2 is 1.81 bits per heavy atom. The molecule has 0 unspecified atom stereocenters. The third kappa shape index (κ3) is 6.21. The molecule has 32 heavy (non-hydrogen) atoms. The molecule has 174 valence electrons. The number of carbonyl (C=O) groups excluding carboxylic acids is 1. The van der Waals surface area contributed by atoms with E-state index in [1.807, 2.05) is 13.8 Å². The molecule has 9 heteroatoms. The lowest BCUT2D eigenvalue weighted by molar-refractivity contribution is -0.116. The molecule has 1 amide bonds. The van der Waals surface area contributed by atoms with Crippen LogP contribution in [0.4, 0.5) is 5.69 Å². The number of amides is 1. The van der Waals surface area contributed by atoms with Gasteiger partial charge in [-0.2, -0.15) is 4.31 Å². The van der Waals surface area contributed by atoms with Gasteiger partial charge < -0.3 is 19.5 Å². The molecule has 0 radical (unpaired) electrons. The smallest absolute Gasteiger partial charge is 0.243 e. The van der Waals surface area contributed by atoms with Crippen LogP contribution < -0.4 is 14.8 Å². The van der Waals surface area contributed by atoms with Crippen molar-refractivity contribution in [3.05, 3.63) is 48.0 Å². The molecular formula is C23H30N2O6S. The number of carbonyl (C=O) groups is 1. The molecule has 1 N–H and O–H groups in total. The monoisotopic (exact) mass is 462 g/mol. The standard InChI is InChI=1S/C23H30N2O6S/c1-17(2)31-20-7-5-19(6-8-20)24-23(26)11-4-18-16-21(9-10-22(18)29-3)32(27,28)25-12-14-30-15-13-25/h5-10,16-17H,4,11-15H2,1-3H3,(H,24,26). The van der Waals surface area contributed by atoms with Gasteiger partial charge in [0.2, 0.25) is 15.9 Å². The van der Waals surface area contributed by atoms with Gasteiger partial charge in [0.1, 0.15) is 11.5 Å². The molecule has 2 aromatic rings. The zero-order valence-electron chi connectivity index (χ0n) is 18.7. The third-order valence-corrected chi connectivity index (χ3v) is 6.89. The van der Waals surface area contributed by atoms with Crippen LogP contribution in [0.5, 0.6) is 11.5 Å². The predicted octanol–water partition coefficient (Wildman–Crippen LogP) is 3.07. The fraction of sp³-hybridized carbons (Fsp3) is 0.435. The summed E-state index contributed by atoms with van der Waals surface area (Å²) in [6, 6.07) is 11.9. The number of rotatable bonds is 9. The first-order valence-corrected chi connectivity index (χ1v) is 12.0. The van der Waals surface area contributed by atoms with E-state index in [1.165, 1.54) is 17.5 Å². The number of morpholine rings is 1. The quantitative estimate of drug-likeness (QED) is 0.616. The van der Waals surface area contributed by atoms with Crippen LogP contribution >= 0.6 is 0 Å². The number of nitrogens with one attached hydrogen (secondary N) is 1. The van der Waals surface area contributed by atoms with Crippen LogP contribution in [0.2, 0.25) is 0 Å². The van der Waals surface area contributed by atoms with Gasteiger partial charge >= 0.3 is 0 Å². The number of benzene rings is 2. The van der Waals surface area contributed by atoms with E-state index in [4.69, 9.17) is 14.2 Å². The maximum absolute atomic E-state index is 13.0. The molecule has 1 saturated heterocycles. The second-order valence-corrected chi connectivity index (χ2v) is 9.67. The summed E-state index contributed by atoms with van der Waals surface area (Å²) in [5.74, 6) is 1.11. The number of sulfonamides is 1. The van der Waals surface area contributed by atoms with Crippen molar-refractivity contribution < 1.29 is 27.4 Å². The lowest BCUT2D eigenvalue weighted by Gasteiger charge is -2.26. The number of aryl methyl sites for hydroxylation is 1. The average molecular weight is 463 g/mol. The van der Waals surface area contributed by atoms with E-state index in [1.54, 1.807) is 36.4 Å². The van der Waals surface area contributed by atoms with E-state index >= 15 is 0 Å². The van der Waals surface area contributed by atoms with Crippen LogP contribution in [0.25, 0.3) is 0 Å². The minimum Gasteiger partial charge on any atom is -0.496 e. The van der Waals surface area contributed by atoms with Gasteiger partial charge in [0, 0.05) is 25.2 Å². The molecule has 0 aliphatic carbocycles.